The van der Waals surface area contributed by atoms with Gasteiger partial charge in [-0.25, -0.2) is 4.79 Å². The zero-order valence-corrected chi connectivity index (χ0v) is 15.6. The molecule has 1 atom stereocenters. The predicted octanol–water partition coefficient (Wildman–Crippen LogP) is 3.07. The molecular formula is C20H26N4O3. The number of piperazine rings is 1. The van der Waals surface area contributed by atoms with Gasteiger partial charge in [0, 0.05) is 38.6 Å². The summed E-state index contributed by atoms with van der Waals surface area (Å²) in [5.41, 5.74) is 1.02. The van der Waals surface area contributed by atoms with Gasteiger partial charge in [-0.2, -0.15) is 0 Å². The highest BCUT2D eigenvalue weighted by molar-refractivity contribution is 5.91. The molecule has 1 fully saturated rings. The van der Waals surface area contributed by atoms with Crippen LogP contribution in [0.5, 0.6) is 0 Å². The van der Waals surface area contributed by atoms with Gasteiger partial charge in [-0.05, 0) is 30.2 Å². The van der Waals surface area contributed by atoms with Crippen LogP contribution < -0.4 is 5.32 Å². The van der Waals surface area contributed by atoms with E-state index in [9.17, 15) is 9.59 Å². The molecule has 0 saturated carbocycles. The fourth-order valence-corrected chi connectivity index (χ4v) is 3.22. The third-order valence-corrected chi connectivity index (χ3v) is 4.82. The third-order valence-electron chi connectivity index (χ3n) is 4.82. The van der Waals surface area contributed by atoms with Crippen LogP contribution in [0, 0.1) is 0 Å². The average Bonchev–Trinajstić information content (AvgIpc) is 3.26. The summed E-state index contributed by atoms with van der Waals surface area (Å²) >= 11 is 0. The highest BCUT2D eigenvalue weighted by Crippen LogP contribution is 2.19. The molecule has 1 N–H and O–H groups in total. The first-order valence-electron chi connectivity index (χ1n) is 9.47. The van der Waals surface area contributed by atoms with Gasteiger partial charge in [-0.15, -0.1) is 0 Å². The van der Waals surface area contributed by atoms with Gasteiger partial charge in [-0.3, -0.25) is 9.78 Å². The number of nitrogens with one attached hydrogen (secondary N) is 1. The van der Waals surface area contributed by atoms with Crippen molar-refractivity contribution in [2.24, 2.45) is 0 Å². The largest absolute Gasteiger partial charge is 0.459 e. The van der Waals surface area contributed by atoms with Crippen molar-refractivity contribution in [1.29, 1.82) is 0 Å². The minimum absolute atomic E-state index is 0.0473. The van der Waals surface area contributed by atoms with E-state index in [0.717, 1.165) is 24.8 Å². The van der Waals surface area contributed by atoms with Gasteiger partial charge in [0.2, 0.25) is 0 Å². The number of hydrogen-bond donors (Lipinski definition) is 1. The first-order valence-corrected chi connectivity index (χ1v) is 9.47. The first-order chi connectivity index (χ1) is 13.2. The van der Waals surface area contributed by atoms with Gasteiger partial charge in [0.05, 0.1) is 12.3 Å². The Morgan fingerprint density at radius 1 is 1.19 bits per heavy atom. The van der Waals surface area contributed by atoms with Gasteiger partial charge in [0.1, 0.15) is 0 Å². The van der Waals surface area contributed by atoms with Gasteiger partial charge >= 0.3 is 6.03 Å². The van der Waals surface area contributed by atoms with Crippen LogP contribution in [0.2, 0.25) is 0 Å². The summed E-state index contributed by atoms with van der Waals surface area (Å²) in [5.74, 6) is 0.209. The van der Waals surface area contributed by atoms with Crippen molar-refractivity contribution in [3.8, 4) is 0 Å². The maximum atomic E-state index is 12.7. The zero-order chi connectivity index (χ0) is 19.1. The monoisotopic (exact) mass is 370 g/mol. The van der Waals surface area contributed by atoms with Crippen LogP contribution in [-0.4, -0.2) is 52.9 Å². The molecular weight excluding hydrogens is 344 g/mol. The van der Waals surface area contributed by atoms with Crippen LogP contribution in [0.1, 0.15) is 48.3 Å². The molecule has 2 aromatic heterocycles. The summed E-state index contributed by atoms with van der Waals surface area (Å²) in [7, 11) is 0. The zero-order valence-electron chi connectivity index (χ0n) is 15.6. The van der Waals surface area contributed by atoms with Crippen LogP contribution >= 0.6 is 0 Å². The van der Waals surface area contributed by atoms with Crippen molar-refractivity contribution >= 4 is 11.9 Å². The number of carbonyl (C=O) groups is 2. The average molecular weight is 370 g/mol. The molecule has 0 spiro atoms. The standard InChI is InChI=1S/C20H26N4O3/c1-2-3-7-17(16-6-4-9-21-15-16)22-20(26)24-12-10-23(11-13-24)19(25)18-8-5-14-27-18/h4-6,8-9,14-15,17H,2-3,7,10-13H2,1H3,(H,22,26)/t17-/m0/s1. The smallest absolute Gasteiger partial charge is 0.318 e. The predicted molar refractivity (Wildman–Crippen MR) is 101 cm³/mol. The number of carbonyl (C=O) groups excluding carboxylic acids is 2. The van der Waals surface area contributed by atoms with E-state index in [2.05, 4.69) is 17.2 Å². The molecule has 144 valence electrons. The summed E-state index contributed by atoms with van der Waals surface area (Å²) in [5, 5.41) is 3.13. The quantitative estimate of drug-likeness (QED) is 0.848. The van der Waals surface area contributed by atoms with E-state index < -0.39 is 0 Å². The molecule has 0 aliphatic carbocycles. The number of pyridine rings is 1. The Morgan fingerprint density at radius 3 is 2.59 bits per heavy atom. The second-order valence-electron chi connectivity index (χ2n) is 6.69. The van der Waals surface area contributed by atoms with Crippen molar-refractivity contribution in [2.45, 2.75) is 32.2 Å². The molecule has 7 heteroatoms. The number of aromatic nitrogens is 1. The minimum Gasteiger partial charge on any atom is -0.459 e. The van der Waals surface area contributed by atoms with Crippen LogP contribution in [0.25, 0.3) is 0 Å². The number of unbranched alkanes of at least 4 members (excludes halogenated alkanes) is 1. The van der Waals surface area contributed by atoms with E-state index in [1.54, 1.807) is 34.3 Å². The molecule has 3 amide bonds. The molecule has 3 rings (SSSR count). The van der Waals surface area contributed by atoms with E-state index in [1.165, 1.54) is 6.26 Å². The van der Waals surface area contributed by atoms with Gasteiger partial charge < -0.3 is 19.5 Å². The van der Waals surface area contributed by atoms with E-state index >= 15 is 0 Å². The van der Waals surface area contributed by atoms with E-state index in [1.807, 2.05) is 12.1 Å². The molecule has 1 saturated heterocycles. The molecule has 1 aliphatic rings. The SMILES string of the molecule is CCCC[C@H](NC(=O)N1CCN(C(=O)c2ccco2)CC1)c1cccnc1. The van der Waals surface area contributed by atoms with Crippen molar-refractivity contribution in [3.63, 3.8) is 0 Å². The Kier molecular flexibility index (Phi) is 6.46. The van der Waals surface area contributed by atoms with Gasteiger partial charge in [0.25, 0.3) is 5.91 Å². The Morgan fingerprint density at radius 2 is 1.96 bits per heavy atom. The van der Waals surface area contributed by atoms with Crippen LogP contribution in [0.3, 0.4) is 0 Å². The molecule has 2 aromatic rings. The number of urea groups is 1. The second kappa shape index (κ2) is 9.21. The number of nitrogens with zero attached hydrogens (tertiary/aromatic N) is 3. The maximum absolute atomic E-state index is 12.7. The van der Waals surface area contributed by atoms with E-state index in [0.29, 0.717) is 31.9 Å². The molecule has 0 radical (unpaired) electrons. The lowest BCUT2D eigenvalue weighted by Crippen LogP contribution is -2.53. The van der Waals surface area contributed by atoms with Crippen molar-refractivity contribution < 1.29 is 14.0 Å². The Bertz CT molecular complexity index is 725. The fraction of sp³-hybridized carbons (Fsp3) is 0.450. The normalized spacial score (nSPS) is 15.4. The summed E-state index contributed by atoms with van der Waals surface area (Å²) in [4.78, 5) is 32.7. The number of rotatable bonds is 6. The second-order valence-corrected chi connectivity index (χ2v) is 6.69. The summed E-state index contributed by atoms with van der Waals surface area (Å²) < 4.78 is 5.17. The molecule has 3 heterocycles. The number of amides is 3. The van der Waals surface area contributed by atoms with E-state index in [4.69, 9.17) is 4.42 Å². The van der Waals surface area contributed by atoms with Crippen LogP contribution in [-0.2, 0) is 0 Å². The minimum atomic E-state index is -0.128. The molecule has 27 heavy (non-hydrogen) atoms. The first kappa shape index (κ1) is 18.9. The molecule has 0 aromatic carbocycles. The lowest BCUT2D eigenvalue weighted by molar-refractivity contribution is 0.0632. The van der Waals surface area contributed by atoms with Crippen molar-refractivity contribution in [2.75, 3.05) is 26.2 Å². The highest BCUT2D eigenvalue weighted by atomic mass is 16.3. The maximum Gasteiger partial charge on any atom is 0.318 e. The summed E-state index contributed by atoms with van der Waals surface area (Å²) in [6.07, 6.45) is 8.01. The van der Waals surface area contributed by atoms with Crippen LogP contribution in [0.15, 0.2) is 47.3 Å². The summed E-state index contributed by atoms with van der Waals surface area (Å²) in [6.45, 7) is 4.15. The van der Waals surface area contributed by atoms with Crippen LogP contribution in [0.4, 0.5) is 4.79 Å². The van der Waals surface area contributed by atoms with Gasteiger partial charge in [-0.1, -0.05) is 25.8 Å². The lowest BCUT2D eigenvalue weighted by atomic mass is 10.0. The molecule has 7 nitrogen and oxygen atoms in total. The third kappa shape index (κ3) is 4.87. The van der Waals surface area contributed by atoms with Crippen molar-refractivity contribution in [1.82, 2.24) is 20.1 Å². The Balaban J connectivity index is 1.55. The Labute approximate surface area is 159 Å². The molecule has 1 aliphatic heterocycles. The number of furan rings is 1. The van der Waals surface area contributed by atoms with E-state index in [-0.39, 0.29) is 18.0 Å². The molecule has 0 bridgehead atoms. The topological polar surface area (TPSA) is 78.7 Å². The molecule has 0 unspecified atom stereocenters. The highest BCUT2D eigenvalue weighted by Gasteiger charge is 2.27. The summed E-state index contributed by atoms with van der Waals surface area (Å²) in [6, 6.07) is 7.10. The van der Waals surface area contributed by atoms with Crippen molar-refractivity contribution in [3.05, 3.63) is 54.2 Å². The number of hydrogen-bond acceptors (Lipinski definition) is 4. The fourth-order valence-electron chi connectivity index (χ4n) is 3.22. The lowest BCUT2D eigenvalue weighted by Gasteiger charge is -2.35. The Hall–Kier alpha value is -2.83. The van der Waals surface area contributed by atoms with Gasteiger partial charge in [0.15, 0.2) is 5.76 Å².